The van der Waals surface area contributed by atoms with E-state index in [4.69, 9.17) is 10.9 Å². The van der Waals surface area contributed by atoms with Crippen molar-refractivity contribution in [1.82, 2.24) is 5.32 Å². The lowest BCUT2D eigenvalue weighted by molar-refractivity contribution is -0.126. The highest BCUT2D eigenvalue weighted by Crippen LogP contribution is 2.20. The number of carbonyl (C=O) groups is 1. The molecule has 1 amide bonds. The zero-order chi connectivity index (χ0) is 14.0. The van der Waals surface area contributed by atoms with Crippen LogP contribution in [-0.2, 0) is 14.6 Å². The normalized spacial score (nSPS) is 23.9. The van der Waals surface area contributed by atoms with E-state index in [-0.39, 0.29) is 18.1 Å². The lowest BCUT2D eigenvalue weighted by Gasteiger charge is -2.22. The second kappa shape index (κ2) is 5.13. The van der Waals surface area contributed by atoms with Gasteiger partial charge in [0.2, 0.25) is 5.91 Å². The van der Waals surface area contributed by atoms with Crippen LogP contribution in [-0.4, -0.2) is 42.9 Å². The molecular formula is C10H19N3O4S. The Bertz CT molecular complexity index is 456. The summed E-state index contributed by atoms with van der Waals surface area (Å²) < 4.78 is 23.1. The highest BCUT2D eigenvalue weighted by molar-refractivity contribution is 7.92. The quantitative estimate of drug-likeness (QED) is 0.275. The molecule has 8 heteroatoms. The molecule has 0 radical (unpaired) electrons. The second-order valence-electron chi connectivity index (χ2n) is 4.95. The Hall–Kier alpha value is -1.31. The largest absolute Gasteiger partial charge is 0.409 e. The zero-order valence-corrected chi connectivity index (χ0v) is 11.3. The van der Waals surface area contributed by atoms with E-state index in [0.717, 1.165) is 0 Å². The molecule has 1 aliphatic heterocycles. The van der Waals surface area contributed by atoms with E-state index in [1.165, 1.54) is 13.8 Å². The predicted octanol–water partition coefficient (Wildman–Crippen LogP) is -0.548. The van der Waals surface area contributed by atoms with Crippen molar-refractivity contribution in [3.05, 3.63) is 0 Å². The third kappa shape index (κ3) is 2.92. The summed E-state index contributed by atoms with van der Waals surface area (Å²) in [6.45, 7) is 3.07. The van der Waals surface area contributed by atoms with Crippen LogP contribution in [0.5, 0.6) is 0 Å². The first kappa shape index (κ1) is 14.7. The number of rotatable bonds is 4. The molecule has 1 aliphatic rings. The van der Waals surface area contributed by atoms with Crippen molar-refractivity contribution < 1.29 is 18.4 Å². The average molecular weight is 277 g/mol. The van der Waals surface area contributed by atoms with E-state index in [1.807, 2.05) is 0 Å². The Balaban J connectivity index is 2.62. The fourth-order valence-electron chi connectivity index (χ4n) is 1.76. The molecule has 0 spiro atoms. The number of oxime groups is 1. The summed E-state index contributed by atoms with van der Waals surface area (Å²) in [7, 11) is -3.08. The van der Waals surface area contributed by atoms with Gasteiger partial charge in [0.25, 0.3) is 0 Å². The number of nitrogens with one attached hydrogen (secondary N) is 1. The Morgan fingerprint density at radius 2 is 2.17 bits per heavy atom. The first-order valence-corrected chi connectivity index (χ1v) is 7.41. The highest BCUT2D eigenvalue weighted by atomic mass is 32.2. The maximum Gasteiger partial charge on any atom is 0.233 e. The molecule has 0 aromatic rings. The van der Waals surface area contributed by atoms with Crippen LogP contribution < -0.4 is 11.1 Å². The van der Waals surface area contributed by atoms with E-state index in [9.17, 15) is 13.2 Å². The van der Waals surface area contributed by atoms with E-state index >= 15 is 0 Å². The standard InChI is InChI=1S/C10H19N3O4S/c1-10(2,8(11)13-15)9(14)12-6-7-4-3-5-18(7,16)17/h7,15H,3-6H2,1-2H3,(H2,11,13)(H,12,14). The molecule has 0 bridgehead atoms. The molecule has 104 valence electrons. The van der Waals surface area contributed by atoms with Crippen molar-refractivity contribution in [3.63, 3.8) is 0 Å². The van der Waals surface area contributed by atoms with Gasteiger partial charge in [-0.1, -0.05) is 5.16 Å². The van der Waals surface area contributed by atoms with Crippen LogP contribution in [0.1, 0.15) is 26.7 Å². The summed E-state index contributed by atoms with van der Waals surface area (Å²) in [6, 6.07) is 0. The molecular weight excluding hydrogens is 258 g/mol. The summed E-state index contributed by atoms with van der Waals surface area (Å²) in [4.78, 5) is 11.9. The second-order valence-corrected chi connectivity index (χ2v) is 7.35. The third-order valence-electron chi connectivity index (χ3n) is 3.27. The highest BCUT2D eigenvalue weighted by Gasteiger charge is 2.36. The van der Waals surface area contributed by atoms with Gasteiger partial charge in [-0.25, -0.2) is 8.42 Å². The third-order valence-corrected chi connectivity index (χ3v) is 5.54. The Kier molecular flexibility index (Phi) is 4.20. The number of carbonyl (C=O) groups excluding carboxylic acids is 1. The SMILES string of the molecule is CC(C)(C(=O)NCC1CCCS1(=O)=O)C(N)=NO. The number of hydrogen-bond donors (Lipinski definition) is 3. The fourth-order valence-corrected chi connectivity index (χ4v) is 3.52. The van der Waals surface area contributed by atoms with Crippen LogP contribution in [0.15, 0.2) is 5.16 Å². The van der Waals surface area contributed by atoms with Gasteiger partial charge in [-0.2, -0.15) is 0 Å². The van der Waals surface area contributed by atoms with Crippen LogP contribution >= 0.6 is 0 Å². The first-order chi connectivity index (χ1) is 8.21. The number of nitrogens with two attached hydrogens (primary N) is 1. The van der Waals surface area contributed by atoms with Gasteiger partial charge in [-0.15, -0.1) is 0 Å². The molecule has 18 heavy (non-hydrogen) atoms. The van der Waals surface area contributed by atoms with Gasteiger partial charge in [0.1, 0.15) is 5.41 Å². The average Bonchev–Trinajstić information content (AvgIpc) is 2.63. The van der Waals surface area contributed by atoms with E-state index in [0.29, 0.717) is 12.8 Å². The molecule has 1 saturated heterocycles. The van der Waals surface area contributed by atoms with Crippen LogP contribution in [0.2, 0.25) is 0 Å². The molecule has 0 aromatic heterocycles. The number of amidine groups is 1. The molecule has 1 unspecified atom stereocenters. The molecule has 1 atom stereocenters. The molecule has 1 heterocycles. The van der Waals surface area contributed by atoms with Crippen molar-refractivity contribution in [2.75, 3.05) is 12.3 Å². The van der Waals surface area contributed by atoms with Crippen molar-refractivity contribution in [2.24, 2.45) is 16.3 Å². The van der Waals surface area contributed by atoms with Crippen molar-refractivity contribution in [3.8, 4) is 0 Å². The maximum atomic E-state index is 11.9. The minimum atomic E-state index is -3.08. The minimum Gasteiger partial charge on any atom is -0.409 e. The van der Waals surface area contributed by atoms with Gasteiger partial charge in [-0.3, -0.25) is 4.79 Å². The van der Waals surface area contributed by atoms with Crippen LogP contribution in [0, 0.1) is 5.41 Å². The molecule has 1 rings (SSSR count). The van der Waals surface area contributed by atoms with Crippen LogP contribution in [0.25, 0.3) is 0 Å². The van der Waals surface area contributed by atoms with E-state index < -0.39 is 26.4 Å². The molecule has 4 N–H and O–H groups in total. The van der Waals surface area contributed by atoms with Gasteiger partial charge in [0.05, 0.1) is 11.0 Å². The minimum absolute atomic E-state index is 0.0727. The van der Waals surface area contributed by atoms with Crippen LogP contribution in [0.4, 0.5) is 0 Å². The van der Waals surface area contributed by atoms with Crippen molar-refractivity contribution in [2.45, 2.75) is 31.9 Å². The van der Waals surface area contributed by atoms with E-state index in [2.05, 4.69) is 10.5 Å². The molecule has 0 aromatic carbocycles. The smallest absolute Gasteiger partial charge is 0.233 e. The lowest BCUT2D eigenvalue weighted by atomic mass is 9.91. The molecule has 1 fully saturated rings. The Morgan fingerprint density at radius 1 is 1.56 bits per heavy atom. The van der Waals surface area contributed by atoms with Crippen molar-refractivity contribution >= 4 is 21.6 Å². The van der Waals surface area contributed by atoms with Gasteiger partial charge in [-0.05, 0) is 26.7 Å². The van der Waals surface area contributed by atoms with Crippen LogP contribution in [0.3, 0.4) is 0 Å². The lowest BCUT2D eigenvalue weighted by Crippen LogP contribution is -2.48. The Morgan fingerprint density at radius 3 is 2.61 bits per heavy atom. The van der Waals surface area contributed by atoms with Gasteiger partial charge >= 0.3 is 0 Å². The monoisotopic (exact) mass is 277 g/mol. The molecule has 0 aliphatic carbocycles. The summed E-state index contributed by atoms with van der Waals surface area (Å²) >= 11 is 0. The van der Waals surface area contributed by atoms with Gasteiger partial charge < -0.3 is 16.3 Å². The fraction of sp³-hybridized carbons (Fsp3) is 0.800. The summed E-state index contributed by atoms with van der Waals surface area (Å²) in [6.07, 6.45) is 1.19. The zero-order valence-electron chi connectivity index (χ0n) is 10.5. The van der Waals surface area contributed by atoms with Crippen molar-refractivity contribution in [1.29, 1.82) is 0 Å². The molecule has 0 saturated carbocycles. The Labute approximate surface area is 106 Å². The summed E-state index contributed by atoms with van der Waals surface area (Å²) in [5.74, 6) is -0.494. The predicted molar refractivity (Wildman–Crippen MR) is 67.0 cm³/mol. The van der Waals surface area contributed by atoms with E-state index in [1.54, 1.807) is 0 Å². The number of hydrogen-bond acceptors (Lipinski definition) is 5. The first-order valence-electron chi connectivity index (χ1n) is 5.69. The van der Waals surface area contributed by atoms with Gasteiger partial charge in [0.15, 0.2) is 15.7 Å². The molecule has 7 nitrogen and oxygen atoms in total. The maximum absolute atomic E-state index is 11.9. The summed E-state index contributed by atoms with van der Waals surface area (Å²) in [5, 5.41) is 13.4. The number of nitrogens with zero attached hydrogens (tertiary/aromatic N) is 1. The summed E-state index contributed by atoms with van der Waals surface area (Å²) in [5.41, 5.74) is 4.24. The number of amides is 1. The number of sulfone groups is 1. The topological polar surface area (TPSA) is 122 Å². The van der Waals surface area contributed by atoms with Gasteiger partial charge in [0, 0.05) is 6.54 Å².